The molecule has 1 rings (SSSR count). The third-order valence-electron chi connectivity index (χ3n) is 4.08. The van der Waals surface area contributed by atoms with Crippen LogP contribution in [0.2, 0.25) is 0 Å². The highest BCUT2D eigenvalue weighted by atomic mass is 16.3. The SMILES string of the molecule is CCCCCCC[N+]1(CCO)CCCCC1. The Morgan fingerprint density at radius 3 is 2.19 bits per heavy atom. The van der Waals surface area contributed by atoms with Crippen LogP contribution in [0.4, 0.5) is 0 Å². The molecule has 1 saturated heterocycles. The van der Waals surface area contributed by atoms with E-state index in [1.54, 1.807) is 0 Å². The van der Waals surface area contributed by atoms with E-state index in [1.165, 1.54) is 75.5 Å². The Kier molecular flexibility index (Phi) is 7.06. The summed E-state index contributed by atoms with van der Waals surface area (Å²) in [7, 11) is 0. The second-order valence-electron chi connectivity index (χ2n) is 5.43. The topological polar surface area (TPSA) is 20.2 Å². The zero-order valence-corrected chi connectivity index (χ0v) is 11.1. The lowest BCUT2D eigenvalue weighted by molar-refractivity contribution is -0.932. The van der Waals surface area contributed by atoms with Crippen molar-refractivity contribution in [2.45, 2.75) is 58.3 Å². The second kappa shape index (κ2) is 8.08. The van der Waals surface area contributed by atoms with Gasteiger partial charge in [-0.25, -0.2) is 0 Å². The number of aliphatic hydroxyl groups is 1. The van der Waals surface area contributed by atoms with Crippen molar-refractivity contribution in [3.05, 3.63) is 0 Å². The predicted molar refractivity (Wildman–Crippen MR) is 69.4 cm³/mol. The summed E-state index contributed by atoms with van der Waals surface area (Å²) in [6.45, 7) is 7.57. The van der Waals surface area contributed by atoms with E-state index in [9.17, 15) is 5.11 Å². The molecule has 1 aliphatic rings. The summed E-state index contributed by atoms with van der Waals surface area (Å²) in [5.74, 6) is 0. The van der Waals surface area contributed by atoms with Crippen molar-refractivity contribution >= 4 is 0 Å². The van der Waals surface area contributed by atoms with Gasteiger partial charge in [-0.15, -0.1) is 0 Å². The minimum Gasteiger partial charge on any atom is -0.391 e. The molecule has 1 aliphatic heterocycles. The third kappa shape index (κ3) is 4.84. The molecule has 0 aliphatic carbocycles. The Hall–Kier alpha value is -0.0800. The number of nitrogens with zero attached hydrogens (tertiary/aromatic N) is 1. The lowest BCUT2D eigenvalue weighted by Crippen LogP contribution is -2.53. The van der Waals surface area contributed by atoms with Crippen molar-refractivity contribution in [2.75, 3.05) is 32.8 Å². The minimum atomic E-state index is 0.370. The molecule has 0 spiro atoms. The predicted octanol–water partition coefficient (Wildman–Crippen LogP) is 2.95. The maximum atomic E-state index is 9.21. The standard InChI is InChI=1S/C14H30NO/c1-2-3-4-5-7-10-15(13-14-16)11-8-6-9-12-15/h16H,2-14H2,1H3/q+1. The number of quaternary nitrogens is 1. The summed E-state index contributed by atoms with van der Waals surface area (Å²) in [4.78, 5) is 0. The van der Waals surface area contributed by atoms with Gasteiger partial charge < -0.3 is 9.59 Å². The van der Waals surface area contributed by atoms with Gasteiger partial charge >= 0.3 is 0 Å². The molecular weight excluding hydrogens is 198 g/mol. The molecule has 2 heteroatoms. The van der Waals surface area contributed by atoms with E-state index in [4.69, 9.17) is 0 Å². The summed E-state index contributed by atoms with van der Waals surface area (Å²) < 4.78 is 1.21. The molecule has 1 heterocycles. The van der Waals surface area contributed by atoms with Crippen LogP contribution in [0.5, 0.6) is 0 Å². The molecule has 0 aromatic heterocycles. The highest BCUT2D eigenvalue weighted by Crippen LogP contribution is 2.20. The van der Waals surface area contributed by atoms with Gasteiger partial charge in [0.1, 0.15) is 6.54 Å². The first-order valence-corrected chi connectivity index (χ1v) is 7.29. The Morgan fingerprint density at radius 1 is 0.875 bits per heavy atom. The van der Waals surface area contributed by atoms with Crippen LogP contribution in [0.3, 0.4) is 0 Å². The fourth-order valence-corrected chi connectivity index (χ4v) is 3.00. The summed E-state index contributed by atoms with van der Waals surface area (Å²) >= 11 is 0. The van der Waals surface area contributed by atoms with Gasteiger partial charge in [-0.1, -0.05) is 26.2 Å². The molecule has 96 valence electrons. The van der Waals surface area contributed by atoms with Crippen molar-refractivity contribution in [3.63, 3.8) is 0 Å². The van der Waals surface area contributed by atoms with Crippen LogP contribution in [0.1, 0.15) is 58.3 Å². The first-order chi connectivity index (χ1) is 7.83. The van der Waals surface area contributed by atoms with E-state index < -0.39 is 0 Å². The van der Waals surface area contributed by atoms with E-state index in [0.717, 1.165) is 6.54 Å². The Balaban J connectivity index is 2.21. The highest BCUT2D eigenvalue weighted by molar-refractivity contribution is 4.55. The first-order valence-electron chi connectivity index (χ1n) is 7.29. The van der Waals surface area contributed by atoms with E-state index in [2.05, 4.69) is 6.92 Å². The Labute approximate surface area is 101 Å². The molecule has 1 fully saturated rings. The zero-order chi connectivity index (χ0) is 11.7. The van der Waals surface area contributed by atoms with Gasteiger partial charge in [0.2, 0.25) is 0 Å². The molecule has 2 nitrogen and oxygen atoms in total. The van der Waals surface area contributed by atoms with Gasteiger partial charge in [0.05, 0.1) is 26.2 Å². The number of unbranched alkanes of at least 4 members (excludes halogenated alkanes) is 4. The van der Waals surface area contributed by atoms with Crippen LogP contribution >= 0.6 is 0 Å². The monoisotopic (exact) mass is 228 g/mol. The van der Waals surface area contributed by atoms with E-state index in [1.807, 2.05) is 0 Å². The fraction of sp³-hybridized carbons (Fsp3) is 1.00. The Bertz CT molecular complexity index is 159. The molecule has 0 radical (unpaired) electrons. The number of rotatable bonds is 8. The van der Waals surface area contributed by atoms with Gasteiger partial charge in [0.25, 0.3) is 0 Å². The summed E-state index contributed by atoms with van der Waals surface area (Å²) in [5, 5.41) is 9.21. The summed E-state index contributed by atoms with van der Waals surface area (Å²) in [6.07, 6.45) is 11.0. The normalized spacial score (nSPS) is 19.9. The van der Waals surface area contributed by atoms with Crippen molar-refractivity contribution in [3.8, 4) is 0 Å². The van der Waals surface area contributed by atoms with Crippen molar-refractivity contribution in [1.29, 1.82) is 0 Å². The molecular formula is C14H30NO+. The smallest absolute Gasteiger partial charge is 0.102 e. The molecule has 16 heavy (non-hydrogen) atoms. The molecule has 0 atom stereocenters. The van der Waals surface area contributed by atoms with Gasteiger partial charge in [0.15, 0.2) is 0 Å². The van der Waals surface area contributed by atoms with Gasteiger partial charge in [-0.2, -0.15) is 0 Å². The van der Waals surface area contributed by atoms with Crippen LogP contribution in [0, 0.1) is 0 Å². The maximum Gasteiger partial charge on any atom is 0.102 e. The summed E-state index contributed by atoms with van der Waals surface area (Å²) in [5.41, 5.74) is 0. The molecule has 1 N–H and O–H groups in total. The second-order valence-corrected chi connectivity index (χ2v) is 5.43. The number of aliphatic hydroxyl groups excluding tert-OH is 1. The molecule has 0 unspecified atom stereocenters. The van der Waals surface area contributed by atoms with Gasteiger partial charge in [-0.3, -0.25) is 0 Å². The van der Waals surface area contributed by atoms with Gasteiger partial charge in [-0.05, 0) is 32.1 Å². The van der Waals surface area contributed by atoms with E-state index in [-0.39, 0.29) is 0 Å². The fourth-order valence-electron chi connectivity index (χ4n) is 3.00. The average Bonchev–Trinajstić information content (AvgIpc) is 2.30. The number of hydrogen-bond acceptors (Lipinski definition) is 1. The largest absolute Gasteiger partial charge is 0.391 e. The number of piperidine rings is 1. The molecule has 0 aromatic rings. The van der Waals surface area contributed by atoms with Crippen molar-refractivity contribution in [1.82, 2.24) is 0 Å². The van der Waals surface area contributed by atoms with Crippen molar-refractivity contribution in [2.24, 2.45) is 0 Å². The highest BCUT2D eigenvalue weighted by Gasteiger charge is 2.28. The van der Waals surface area contributed by atoms with Crippen LogP contribution in [-0.4, -0.2) is 42.4 Å². The lowest BCUT2D eigenvalue weighted by Gasteiger charge is -2.41. The quantitative estimate of drug-likeness (QED) is 0.500. The number of likely N-dealkylation sites (tertiary alicyclic amines) is 1. The molecule has 0 aromatic carbocycles. The van der Waals surface area contributed by atoms with E-state index in [0.29, 0.717) is 6.61 Å². The maximum absolute atomic E-state index is 9.21. The molecule has 0 amide bonds. The van der Waals surface area contributed by atoms with Crippen LogP contribution in [0.15, 0.2) is 0 Å². The number of hydrogen-bond donors (Lipinski definition) is 1. The summed E-state index contributed by atoms with van der Waals surface area (Å²) in [6, 6.07) is 0. The molecule has 0 bridgehead atoms. The lowest BCUT2D eigenvalue weighted by atomic mass is 10.1. The molecule has 0 saturated carbocycles. The average molecular weight is 228 g/mol. The van der Waals surface area contributed by atoms with Crippen LogP contribution < -0.4 is 0 Å². The van der Waals surface area contributed by atoms with Crippen LogP contribution in [-0.2, 0) is 0 Å². The first kappa shape index (κ1) is 14.0. The minimum absolute atomic E-state index is 0.370. The van der Waals surface area contributed by atoms with Crippen LogP contribution in [0.25, 0.3) is 0 Å². The van der Waals surface area contributed by atoms with E-state index >= 15 is 0 Å². The third-order valence-corrected chi connectivity index (χ3v) is 4.08. The van der Waals surface area contributed by atoms with Crippen molar-refractivity contribution < 1.29 is 9.59 Å². The zero-order valence-electron chi connectivity index (χ0n) is 11.1. The Morgan fingerprint density at radius 2 is 1.56 bits per heavy atom. The van der Waals surface area contributed by atoms with Gasteiger partial charge in [0, 0.05) is 0 Å².